The molecular formula is C17H23N3O3. The molecule has 0 atom stereocenters. The van der Waals surface area contributed by atoms with Gasteiger partial charge in [0.25, 0.3) is 0 Å². The fourth-order valence-corrected chi connectivity index (χ4v) is 2.58. The Kier molecular flexibility index (Phi) is 5.03. The first-order chi connectivity index (χ1) is 10.8. The van der Waals surface area contributed by atoms with Crippen molar-refractivity contribution < 1.29 is 14.4 Å². The lowest BCUT2D eigenvalue weighted by molar-refractivity contribution is -0.145. The molecule has 1 aromatic carbocycles. The van der Waals surface area contributed by atoms with Gasteiger partial charge < -0.3 is 15.5 Å². The summed E-state index contributed by atoms with van der Waals surface area (Å²) in [5.41, 5.74) is 0.0106. The van der Waals surface area contributed by atoms with E-state index >= 15 is 0 Å². The lowest BCUT2D eigenvalue weighted by Crippen LogP contribution is -2.46. The molecule has 1 aliphatic rings. The van der Waals surface area contributed by atoms with Gasteiger partial charge >= 0.3 is 0 Å². The number of carbonyl (C=O) groups excluding carboxylic acids is 3. The molecule has 23 heavy (non-hydrogen) atoms. The number of nitrogens with zero attached hydrogens (tertiary/aromatic N) is 1. The number of anilines is 2. The SMILES string of the molecule is CC(=O)Nc1cccc(NC(=O)C(C)(C)C(=O)N2CCCC2)c1. The van der Waals surface area contributed by atoms with Gasteiger partial charge in [-0.15, -0.1) is 0 Å². The summed E-state index contributed by atoms with van der Waals surface area (Å²) in [6.07, 6.45) is 1.98. The van der Waals surface area contributed by atoms with Gasteiger partial charge in [-0.05, 0) is 44.9 Å². The van der Waals surface area contributed by atoms with E-state index in [-0.39, 0.29) is 17.7 Å². The van der Waals surface area contributed by atoms with Crippen LogP contribution in [0.2, 0.25) is 0 Å². The van der Waals surface area contributed by atoms with Crippen LogP contribution in [0, 0.1) is 5.41 Å². The van der Waals surface area contributed by atoms with Crippen molar-refractivity contribution in [2.75, 3.05) is 23.7 Å². The zero-order valence-corrected chi connectivity index (χ0v) is 13.8. The van der Waals surface area contributed by atoms with E-state index in [0.717, 1.165) is 12.8 Å². The molecule has 0 aromatic heterocycles. The zero-order chi connectivity index (χ0) is 17.0. The minimum atomic E-state index is -1.13. The summed E-state index contributed by atoms with van der Waals surface area (Å²) in [4.78, 5) is 37.9. The summed E-state index contributed by atoms with van der Waals surface area (Å²) in [5, 5.41) is 5.42. The highest BCUT2D eigenvalue weighted by Gasteiger charge is 2.39. The van der Waals surface area contributed by atoms with E-state index < -0.39 is 5.41 Å². The van der Waals surface area contributed by atoms with Gasteiger partial charge in [0, 0.05) is 31.4 Å². The first-order valence-electron chi connectivity index (χ1n) is 7.79. The lowest BCUT2D eigenvalue weighted by atomic mass is 9.90. The lowest BCUT2D eigenvalue weighted by Gasteiger charge is -2.28. The van der Waals surface area contributed by atoms with Crippen molar-refractivity contribution in [3.05, 3.63) is 24.3 Å². The van der Waals surface area contributed by atoms with Crippen molar-refractivity contribution >= 4 is 29.1 Å². The van der Waals surface area contributed by atoms with E-state index in [4.69, 9.17) is 0 Å². The Morgan fingerprint density at radius 1 is 1.04 bits per heavy atom. The highest BCUT2D eigenvalue weighted by atomic mass is 16.2. The Bertz CT molecular complexity index is 619. The van der Waals surface area contributed by atoms with E-state index in [9.17, 15) is 14.4 Å². The average Bonchev–Trinajstić information content (AvgIpc) is 3.00. The molecule has 3 amide bonds. The van der Waals surface area contributed by atoms with Crippen LogP contribution >= 0.6 is 0 Å². The van der Waals surface area contributed by atoms with Crippen molar-refractivity contribution in [2.24, 2.45) is 5.41 Å². The summed E-state index contributed by atoms with van der Waals surface area (Å²) < 4.78 is 0. The Morgan fingerprint density at radius 2 is 1.61 bits per heavy atom. The molecule has 2 rings (SSSR count). The predicted octanol–water partition coefficient (Wildman–Crippen LogP) is 2.23. The largest absolute Gasteiger partial charge is 0.342 e. The van der Waals surface area contributed by atoms with E-state index in [1.807, 2.05) is 0 Å². The third-order valence-corrected chi connectivity index (χ3v) is 3.94. The number of amides is 3. The first kappa shape index (κ1) is 17.0. The Balaban J connectivity index is 2.08. The van der Waals surface area contributed by atoms with Gasteiger partial charge in [-0.2, -0.15) is 0 Å². The first-order valence-corrected chi connectivity index (χ1v) is 7.79. The summed E-state index contributed by atoms with van der Waals surface area (Å²) in [5.74, 6) is -0.682. The molecule has 1 saturated heterocycles. The minimum absolute atomic E-state index is 0.148. The fourth-order valence-electron chi connectivity index (χ4n) is 2.58. The van der Waals surface area contributed by atoms with Crippen molar-refractivity contribution in [1.82, 2.24) is 4.90 Å². The molecule has 0 spiro atoms. The molecule has 6 heteroatoms. The number of rotatable bonds is 4. The molecule has 1 aliphatic heterocycles. The molecule has 6 nitrogen and oxygen atoms in total. The van der Waals surface area contributed by atoms with Crippen LogP contribution in [-0.2, 0) is 14.4 Å². The molecule has 1 fully saturated rings. The van der Waals surface area contributed by atoms with Crippen LogP contribution in [0.4, 0.5) is 11.4 Å². The smallest absolute Gasteiger partial charge is 0.239 e. The van der Waals surface area contributed by atoms with E-state index in [1.165, 1.54) is 6.92 Å². The highest BCUT2D eigenvalue weighted by molar-refractivity contribution is 6.10. The molecule has 0 bridgehead atoms. The van der Waals surface area contributed by atoms with Gasteiger partial charge in [-0.3, -0.25) is 14.4 Å². The van der Waals surface area contributed by atoms with E-state index in [1.54, 1.807) is 43.0 Å². The summed E-state index contributed by atoms with van der Waals surface area (Å²) >= 11 is 0. The Labute approximate surface area is 136 Å². The van der Waals surface area contributed by atoms with Crippen molar-refractivity contribution in [3.63, 3.8) is 0 Å². The number of hydrogen-bond acceptors (Lipinski definition) is 3. The number of hydrogen-bond donors (Lipinski definition) is 2. The van der Waals surface area contributed by atoms with Crippen LogP contribution in [0.5, 0.6) is 0 Å². The van der Waals surface area contributed by atoms with Crippen LogP contribution in [0.1, 0.15) is 33.6 Å². The maximum atomic E-state index is 12.5. The molecule has 1 heterocycles. The molecule has 0 saturated carbocycles. The highest BCUT2D eigenvalue weighted by Crippen LogP contribution is 2.25. The van der Waals surface area contributed by atoms with Crippen molar-refractivity contribution in [2.45, 2.75) is 33.6 Å². The molecule has 0 radical (unpaired) electrons. The third-order valence-electron chi connectivity index (χ3n) is 3.94. The van der Waals surface area contributed by atoms with Crippen LogP contribution < -0.4 is 10.6 Å². The van der Waals surface area contributed by atoms with Crippen LogP contribution in [0.15, 0.2) is 24.3 Å². The van der Waals surface area contributed by atoms with Gasteiger partial charge in [-0.25, -0.2) is 0 Å². The second kappa shape index (κ2) is 6.81. The predicted molar refractivity (Wildman–Crippen MR) is 89.0 cm³/mol. The molecule has 0 aliphatic carbocycles. The standard InChI is InChI=1S/C17H23N3O3/c1-12(21)18-13-7-6-8-14(11-13)19-15(22)17(2,3)16(23)20-9-4-5-10-20/h6-8,11H,4-5,9-10H2,1-3H3,(H,18,21)(H,19,22). The van der Waals surface area contributed by atoms with Gasteiger partial charge in [0.15, 0.2) is 0 Å². The molecular weight excluding hydrogens is 294 g/mol. The Hall–Kier alpha value is -2.37. The summed E-state index contributed by atoms with van der Waals surface area (Å²) in [6.45, 7) is 6.13. The van der Waals surface area contributed by atoms with Crippen LogP contribution in [0.25, 0.3) is 0 Å². The zero-order valence-electron chi connectivity index (χ0n) is 13.8. The van der Waals surface area contributed by atoms with Crippen LogP contribution in [0.3, 0.4) is 0 Å². The molecule has 2 N–H and O–H groups in total. The summed E-state index contributed by atoms with van der Waals surface area (Å²) in [6, 6.07) is 6.85. The fraction of sp³-hybridized carbons (Fsp3) is 0.471. The number of likely N-dealkylation sites (tertiary alicyclic amines) is 1. The number of benzene rings is 1. The van der Waals surface area contributed by atoms with Crippen LogP contribution in [-0.4, -0.2) is 35.7 Å². The van der Waals surface area contributed by atoms with Crippen molar-refractivity contribution in [1.29, 1.82) is 0 Å². The second-order valence-corrected chi connectivity index (χ2v) is 6.34. The van der Waals surface area contributed by atoms with Gasteiger partial charge in [0.05, 0.1) is 0 Å². The van der Waals surface area contributed by atoms with E-state index in [0.29, 0.717) is 24.5 Å². The van der Waals surface area contributed by atoms with Gasteiger partial charge in [0.2, 0.25) is 17.7 Å². The normalized spacial score (nSPS) is 14.5. The molecule has 124 valence electrons. The van der Waals surface area contributed by atoms with Crippen molar-refractivity contribution in [3.8, 4) is 0 Å². The third kappa shape index (κ3) is 4.09. The molecule has 0 unspecified atom stereocenters. The number of nitrogens with one attached hydrogen (secondary N) is 2. The second-order valence-electron chi connectivity index (χ2n) is 6.34. The van der Waals surface area contributed by atoms with Gasteiger partial charge in [0.1, 0.15) is 5.41 Å². The maximum Gasteiger partial charge on any atom is 0.239 e. The topological polar surface area (TPSA) is 78.5 Å². The summed E-state index contributed by atoms with van der Waals surface area (Å²) in [7, 11) is 0. The minimum Gasteiger partial charge on any atom is -0.342 e. The van der Waals surface area contributed by atoms with E-state index in [2.05, 4.69) is 10.6 Å². The maximum absolute atomic E-state index is 12.5. The average molecular weight is 317 g/mol. The quantitative estimate of drug-likeness (QED) is 0.836. The number of carbonyl (C=O) groups is 3. The monoisotopic (exact) mass is 317 g/mol. The molecule has 1 aromatic rings. The Morgan fingerprint density at radius 3 is 2.17 bits per heavy atom. The van der Waals surface area contributed by atoms with Gasteiger partial charge in [-0.1, -0.05) is 6.07 Å².